The molecule has 0 aliphatic heterocycles. The molecule has 4 nitrogen and oxygen atoms in total. The minimum absolute atomic E-state index is 0.187. The van der Waals surface area contributed by atoms with Gasteiger partial charge in [0.2, 0.25) is 0 Å². The van der Waals surface area contributed by atoms with Gasteiger partial charge in [-0.15, -0.1) is 0 Å². The molecule has 2 rings (SSSR count). The van der Waals surface area contributed by atoms with E-state index in [1.54, 1.807) is 0 Å². The Balaban J connectivity index is 1.86. The first-order valence-electron chi connectivity index (χ1n) is 8.89. The molecule has 2 aromatic rings. The molecule has 0 bridgehead atoms. The van der Waals surface area contributed by atoms with E-state index in [-0.39, 0.29) is 6.03 Å². The number of anilines is 1. The lowest BCUT2D eigenvalue weighted by molar-refractivity contribution is 0.251. The molecule has 2 amide bonds. The number of carbonyl (C=O) groups is 1. The van der Waals surface area contributed by atoms with Gasteiger partial charge >= 0.3 is 6.03 Å². The molecule has 0 saturated heterocycles. The van der Waals surface area contributed by atoms with Crippen LogP contribution in [0.2, 0.25) is 0 Å². The molecule has 0 unspecified atom stereocenters. The Bertz CT molecular complexity index is 680. The Hall–Kier alpha value is -2.33. The van der Waals surface area contributed by atoms with Crippen molar-refractivity contribution in [3.8, 4) is 0 Å². The molecule has 134 valence electrons. The summed E-state index contributed by atoms with van der Waals surface area (Å²) >= 11 is 0. The monoisotopic (exact) mass is 339 g/mol. The second-order valence-corrected chi connectivity index (χ2v) is 6.73. The molecule has 4 heteroatoms. The van der Waals surface area contributed by atoms with Crippen molar-refractivity contribution in [2.24, 2.45) is 0 Å². The smallest absolute Gasteiger partial charge is 0.319 e. The third-order valence-electron chi connectivity index (χ3n) is 4.27. The van der Waals surface area contributed by atoms with Crippen molar-refractivity contribution in [3.05, 3.63) is 65.2 Å². The molecule has 0 aliphatic rings. The van der Waals surface area contributed by atoms with E-state index in [4.69, 9.17) is 0 Å². The fourth-order valence-electron chi connectivity index (χ4n) is 2.57. The zero-order chi connectivity index (χ0) is 18.2. The highest BCUT2D eigenvalue weighted by molar-refractivity contribution is 5.89. The first kappa shape index (κ1) is 19.0. The SMILES string of the molecule is CCN(C)Cc1cccc(CNC(=O)Nc2ccc(C(C)C)cc2)c1. The van der Waals surface area contributed by atoms with Crippen LogP contribution in [0.3, 0.4) is 0 Å². The lowest BCUT2D eigenvalue weighted by Crippen LogP contribution is -2.28. The predicted octanol–water partition coefficient (Wildman–Crippen LogP) is 4.58. The second-order valence-electron chi connectivity index (χ2n) is 6.73. The summed E-state index contributed by atoms with van der Waals surface area (Å²) in [4.78, 5) is 14.3. The molecule has 0 aliphatic carbocycles. The number of hydrogen-bond donors (Lipinski definition) is 2. The van der Waals surface area contributed by atoms with Crippen LogP contribution in [-0.2, 0) is 13.1 Å². The van der Waals surface area contributed by atoms with Crippen LogP contribution in [0.25, 0.3) is 0 Å². The van der Waals surface area contributed by atoms with Crippen molar-refractivity contribution in [1.29, 1.82) is 0 Å². The topological polar surface area (TPSA) is 44.4 Å². The zero-order valence-electron chi connectivity index (χ0n) is 15.7. The van der Waals surface area contributed by atoms with Gasteiger partial charge < -0.3 is 15.5 Å². The number of carbonyl (C=O) groups excluding carboxylic acids is 1. The van der Waals surface area contributed by atoms with E-state index in [1.807, 2.05) is 36.4 Å². The quantitative estimate of drug-likeness (QED) is 0.775. The largest absolute Gasteiger partial charge is 0.334 e. The molecule has 2 N–H and O–H groups in total. The zero-order valence-corrected chi connectivity index (χ0v) is 15.7. The Labute approximate surface area is 151 Å². The lowest BCUT2D eigenvalue weighted by Gasteiger charge is -2.14. The van der Waals surface area contributed by atoms with Gasteiger partial charge in [-0.25, -0.2) is 4.79 Å². The Morgan fingerprint density at radius 1 is 1.08 bits per heavy atom. The second kappa shape index (κ2) is 9.23. The summed E-state index contributed by atoms with van der Waals surface area (Å²) in [7, 11) is 2.10. The van der Waals surface area contributed by atoms with Crippen molar-refractivity contribution in [3.63, 3.8) is 0 Å². The minimum atomic E-state index is -0.187. The van der Waals surface area contributed by atoms with Crippen LogP contribution in [0.15, 0.2) is 48.5 Å². The van der Waals surface area contributed by atoms with Crippen LogP contribution in [0.4, 0.5) is 10.5 Å². The van der Waals surface area contributed by atoms with Gasteiger partial charge in [0.05, 0.1) is 0 Å². The van der Waals surface area contributed by atoms with Crippen LogP contribution in [0.1, 0.15) is 43.4 Å². The van der Waals surface area contributed by atoms with E-state index >= 15 is 0 Å². The Morgan fingerprint density at radius 2 is 1.76 bits per heavy atom. The summed E-state index contributed by atoms with van der Waals surface area (Å²) in [6, 6.07) is 16.1. The first-order chi connectivity index (χ1) is 12.0. The standard InChI is InChI=1S/C21H29N3O/c1-5-24(4)15-18-8-6-7-17(13-18)14-22-21(25)23-20-11-9-19(10-12-20)16(2)3/h6-13,16H,5,14-15H2,1-4H3,(H2,22,23,25). The predicted molar refractivity (Wildman–Crippen MR) is 105 cm³/mol. The van der Waals surface area contributed by atoms with Crippen molar-refractivity contribution >= 4 is 11.7 Å². The van der Waals surface area contributed by atoms with Crippen LogP contribution >= 0.6 is 0 Å². The summed E-state index contributed by atoms with van der Waals surface area (Å²) in [5, 5.41) is 5.79. The minimum Gasteiger partial charge on any atom is -0.334 e. The molecular formula is C21H29N3O. The van der Waals surface area contributed by atoms with Gasteiger partial charge in [0, 0.05) is 18.8 Å². The number of nitrogens with one attached hydrogen (secondary N) is 2. The average molecular weight is 339 g/mol. The van der Waals surface area contributed by atoms with E-state index in [1.165, 1.54) is 11.1 Å². The summed E-state index contributed by atoms with van der Waals surface area (Å²) < 4.78 is 0. The third kappa shape index (κ3) is 6.24. The van der Waals surface area contributed by atoms with E-state index in [9.17, 15) is 4.79 Å². The molecule has 0 saturated carbocycles. The highest BCUT2D eigenvalue weighted by Gasteiger charge is 2.04. The molecule has 2 aromatic carbocycles. The van der Waals surface area contributed by atoms with Gasteiger partial charge in [0.15, 0.2) is 0 Å². The van der Waals surface area contributed by atoms with E-state index in [0.29, 0.717) is 12.5 Å². The van der Waals surface area contributed by atoms with E-state index in [0.717, 1.165) is 24.3 Å². The number of rotatable bonds is 7. The lowest BCUT2D eigenvalue weighted by atomic mass is 10.0. The summed E-state index contributed by atoms with van der Waals surface area (Å²) in [6.07, 6.45) is 0. The van der Waals surface area contributed by atoms with Crippen molar-refractivity contribution in [2.75, 3.05) is 18.9 Å². The molecular weight excluding hydrogens is 310 g/mol. The average Bonchev–Trinajstić information content (AvgIpc) is 2.60. The number of hydrogen-bond acceptors (Lipinski definition) is 2. The first-order valence-corrected chi connectivity index (χ1v) is 8.89. The number of benzene rings is 2. The molecule has 0 fully saturated rings. The number of urea groups is 1. The van der Waals surface area contributed by atoms with Crippen molar-refractivity contribution in [2.45, 2.75) is 39.8 Å². The molecule has 0 spiro atoms. The molecule has 0 heterocycles. The van der Waals surface area contributed by atoms with Crippen molar-refractivity contribution < 1.29 is 4.79 Å². The van der Waals surface area contributed by atoms with Crippen LogP contribution < -0.4 is 10.6 Å². The molecule has 25 heavy (non-hydrogen) atoms. The normalized spacial score (nSPS) is 11.0. The molecule has 0 aromatic heterocycles. The highest BCUT2D eigenvalue weighted by Crippen LogP contribution is 2.17. The maximum absolute atomic E-state index is 12.1. The third-order valence-corrected chi connectivity index (χ3v) is 4.27. The van der Waals surface area contributed by atoms with Gasteiger partial charge in [0.1, 0.15) is 0 Å². The number of amides is 2. The van der Waals surface area contributed by atoms with Gasteiger partial charge in [-0.1, -0.05) is 57.2 Å². The maximum atomic E-state index is 12.1. The van der Waals surface area contributed by atoms with Gasteiger partial charge in [0.25, 0.3) is 0 Å². The molecule has 0 atom stereocenters. The summed E-state index contributed by atoms with van der Waals surface area (Å²) in [5.41, 5.74) is 4.43. The Kier molecular flexibility index (Phi) is 7.02. The van der Waals surface area contributed by atoms with E-state index in [2.05, 4.69) is 55.5 Å². The summed E-state index contributed by atoms with van der Waals surface area (Å²) in [5.74, 6) is 0.488. The maximum Gasteiger partial charge on any atom is 0.319 e. The summed E-state index contributed by atoms with van der Waals surface area (Å²) in [6.45, 7) is 8.89. The van der Waals surface area contributed by atoms with Gasteiger partial charge in [-0.2, -0.15) is 0 Å². The van der Waals surface area contributed by atoms with E-state index < -0.39 is 0 Å². The van der Waals surface area contributed by atoms with Gasteiger partial charge in [-0.3, -0.25) is 0 Å². The van der Waals surface area contributed by atoms with Crippen molar-refractivity contribution in [1.82, 2.24) is 10.2 Å². The Morgan fingerprint density at radius 3 is 2.40 bits per heavy atom. The van der Waals surface area contributed by atoms with Gasteiger partial charge in [-0.05, 0) is 48.3 Å². The fraction of sp³-hybridized carbons (Fsp3) is 0.381. The van der Waals surface area contributed by atoms with Crippen LogP contribution in [0, 0.1) is 0 Å². The number of nitrogens with zero attached hydrogens (tertiary/aromatic N) is 1. The highest BCUT2D eigenvalue weighted by atomic mass is 16.2. The fourth-order valence-corrected chi connectivity index (χ4v) is 2.57. The van der Waals surface area contributed by atoms with Crippen LogP contribution in [-0.4, -0.2) is 24.5 Å². The van der Waals surface area contributed by atoms with Crippen LogP contribution in [0.5, 0.6) is 0 Å². The molecule has 0 radical (unpaired) electrons.